The van der Waals surface area contributed by atoms with Gasteiger partial charge in [0.15, 0.2) is 5.78 Å². The van der Waals surface area contributed by atoms with Crippen LogP contribution in [0.5, 0.6) is 5.88 Å². The highest BCUT2D eigenvalue weighted by Crippen LogP contribution is 2.58. The molecular formula is C41H53F3N4O9S. The summed E-state index contributed by atoms with van der Waals surface area (Å²) in [5, 5.41) is 5.17. The predicted octanol–water partition coefficient (Wildman–Crippen LogP) is 5.63. The Hall–Kier alpha value is -4.28. The summed E-state index contributed by atoms with van der Waals surface area (Å²) in [6, 6.07) is 5.48. The van der Waals surface area contributed by atoms with E-state index in [0.717, 1.165) is 13.8 Å². The van der Waals surface area contributed by atoms with Gasteiger partial charge >= 0.3 is 12.1 Å². The Morgan fingerprint density at radius 2 is 1.72 bits per heavy atom. The Morgan fingerprint density at radius 1 is 1.05 bits per heavy atom. The molecule has 2 aromatic rings. The molecule has 0 bridgehead atoms. The van der Waals surface area contributed by atoms with Crippen LogP contribution in [0.2, 0.25) is 0 Å². The quantitative estimate of drug-likeness (QED) is 0.247. The standard InChI is InChI=1S/C41H53F3N4O9S/c1-7-48-36(52)29-15-11-10-14-28(29)34(45-48)56-27-19-31-32(49)22-40(37(53)46-58(54,55)39(6)16-17-39)21-26(40)13-9-8-12-24(2)18-25(3)30(35(51)47(31)23-27)20-33(50)57-38(4,5)41(42,43)44/h9-11,13-15,24-27,30-31H,7-8,12,16-23H2,1-6H3,(H,46,53)/b13-9-/t24-,25-,26-,27-,30+,31+,40-/m1/s1. The number of sulfonamides is 1. The van der Waals surface area contributed by atoms with E-state index < -0.39 is 98.3 Å². The highest BCUT2D eigenvalue weighted by molar-refractivity contribution is 7.91. The first kappa shape index (κ1) is 43.3. The van der Waals surface area contributed by atoms with E-state index in [0.29, 0.717) is 42.9 Å². The van der Waals surface area contributed by atoms with Crippen molar-refractivity contribution < 1.29 is 50.2 Å². The van der Waals surface area contributed by atoms with Crippen molar-refractivity contribution in [2.45, 2.75) is 135 Å². The van der Waals surface area contributed by atoms with Crippen LogP contribution in [0.4, 0.5) is 13.2 Å². The number of allylic oxidation sites excluding steroid dienone is 2. The summed E-state index contributed by atoms with van der Waals surface area (Å²) >= 11 is 0. The number of carbonyl (C=O) groups excluding carboxylic acids is 4. The topological polar surface area (TPSA) is 171 Å². The normalized spacial score (nSPS) is 29.7. The van der Waals surface area contributed by atoms with Crippen LogP contribution in [0.25, 0.3) is 10.8 Å². The van der Waals surface area contributed by atoms with Crippen molar-refractivity contribution in [2.24, 2.45) is 29.1 Å². The summed E-state index contributed by atoms with van der Waals surface area (Å²) in [4.78, 5) is 71.1. The second kappa shape index (κ2) is 15.7. The molecule has 3 fully saturated rings. The Morgan fingerprint density at radius 3 is 2.36 bits per heavy atom. The molecule has 13 nitrogen and oxygen atoms in total. The molecule has 1 N–H and O–H groups in total. The van der Waals surface area contributed by atoms with Gasteiger partial charge < -0.3 is 14.4 Å². The van der Waals surface area contributed by atoms with Crippen molar-refractivity contribution in [3.8, 4) is 5.88 Å². The van der Waals surface area contributed by atoms with Crippen LogP contribution in [0.1, 0.15) is 99.3 Å². The Balaban J connectivity index is 1.37. The second-order valence-electron chi connectivity index (χ2n) is 17.6. The lowest BCUT2D eigenvalue weighted by molar-refractivity contribution is -0.257. The fourth-order valence-electron chi connectivity index (χ4n) is 8.31. The van der Waals surface area contributed by atoms with E-state index in [1.165, 1.54) is 9.58 Å². The maximum absolute atomic E-state index is 14.8. The van der Waals surface area contributed by atoms with Crippen molar-refractivity contribution in [1.29, 1.82) is 0 Å². The number of alkyl halides is 3. The summed E-state index contributed by atoms with van der Waals surface area (Å²) in [6.07, 6.45) is -0.535. The van der Waals surface area contributed by atoms with Gasteiger partial charge in [-0.2, -0.15) is 13.2 Å². The first-order valence-corrected chi connectivity index (χ1v) is 21.5. The number of halogens is 3. The summed E-state index contributed by atoms with van der Waals surface area (Å²) in [6.45, 7) is 8.50. The van der Waals surface area contributed by atoms with Gasteiger partial charge in [0.05, 0.1) is 45.9 Å². The molecule has 2 saturated carbocycles. The molecule has 2 amide bonds. The van der Waals surface area contributed by atoms with E-state index in [1.807, 2.05) is 19.1 Å². The third kappa shape index (κ3) is 8.55. The monoisotopic (exact) mass is 834 g/mol. The summed E-state index contributed by atoms with van der Waals surface area (Å²) in [5.41, 5.74) is -4.57. The number of hydrogen-bond acceptors (Lipinski definition) is 10. The number of benzene rings is 1. The minimum Gasteiger partial charge on any atom is -0.471 e. The van der Waals surface area contributed by atoms with Gasteiger partial charge in [0, 0.05) is 19.4 Å². The molecule has 58 heavy (non-hydrogen) atoms. The van der Waals surface area contributed by atoms with Gasteiger partial charge in [-0.25, -0.2) is 13.1 Å². The maximum Gasteiger partial charge on any atom is 0.427 e. The number of aromatic nitrogens is 2. The number of rotatable bonds is 9. The molecule has 2 aliphatic heterocycles. The Labute approximate surface area is 336 Å². The number of nitrogens with one attached hydrogen (secondary N) is 1. The molecule has 0 spiro atoms. The zero-order chi connectivity index (χ0) is 42.6. The molecule has 3 heterocycles. The SMILES string of the molecule is CCn1nc(O[C@@H]2C[C@H]3C(=O)C[C@]4(C(=O)NS(=O)(=O)C5(C)CC5)C[C@H]4/C=C\CC[C@@H](C)C[C@@H](C)[C@H](CC(=O)OC(C)(C)C(F)(F)F)C(=O)N3C2)c2ccccc2c1=O. The van der Waals surface area contributed by atoms with Gasteiger partial charge in [0.2, 0.25) is 33.3 Å². The van der Waals surface area contributed by atoms with E-state index >= 15 is 0 Å². The number of amides is 2. The lowest BCUT2D eigenvalue weighted by atomic mass is 9.82. The average molecular weight is 835 g/mol. The van der Waals surface area contributed by atoms with Crippen molar-refractivity contribution in [3.05, 3.63) is 46.8 Å². The van der Waals surface area contributed by atoms with Crippen molar-refractivity contribution >= 4 is 44.4 Å². The van der Waals surface area contributed by atoms with Gasteiger partial charge in [0.25, 0.3) is 5.56 Å². The van der Waals surface area contributed by atoms with Gasteiger partial charge in [-0.15, -0.1) is 5.10 Å². The van der Waals surface area contributed by atoms with Crippen LogP contribution < -0.4 is 15.0 Å². The number of ketones is 1. The minimum absolute atomic E-state index is 0.0000869. The highest BCUT2D eigenvalue weighted by Gasteiger charge is 2.63. The minimum atomic E-state index is -4.88. The number of carbonyl (C=O) groups is 4. The molecule has 1 aromatic heterocycles. The zero-order valence-corrected chi connectivity index (χ0v) is 34.6. The third-order valence-corrected chi connectivity index (χ3v) is 14.8. The molecule has 0 unspecified atom stereocenters. The number of fused-ring (bicyclic) bond motifs is 3. The average Bonchev–Trinajstić information content (AvgIpc) is 4.02. The van der Waals surface area contributed by atoms with Crippen LogP contribution >= 0.6 is 0 Å². The maximum atomic E-state index is 14.8. The summed E-state index contributed by atoms with van der Waals surface area (Å²) in [7, 11) is -4.05. The van der Waals surface area contributed by atoms with E-state index in [2.05, 4.69) is 9.82 Å². The van der Waals surface area contributed by atoms with Crippen molar-refractivity contribution in [1.82, 2.24) is 19.4 Å². The van der Waals surface area contributed by atoms with Crippen LogP contribution in [-0.2, 0) is 40.5 Å². The summed E-state index contributed by atoms with van der Waals surface area (Å²) in [5.74, 6) is -5.29. The molecule has 4 aliphatic rings. The molecule has 17 heteroatoms. The third-order valence-electron chi connectivity index (χ3n) is 12.6. The lowest BCUT2D eigenvalue weighted by Crippen LogP contribution is -2.48. The fourth-order valence-corrected chi connectivity index (χ4v) is 9.65. The zero-order valence-electron chi connectivity index (χ0n) is 33.8. The number of ether oxygens (including phenoxy) is 2. The molecular weight excluding hydrogens is 782 g/mol. The van der Waals surface area contributed by atoms with Crippen LogP contribution in [0.3, 0.4) is 0 Å². The van der Waals surface area contributed by atoms with E-state index in [9.17, 15) is 45.6 Å². The first-order valence-electron chi connectivity index (χ1n) is 20.0. The number of hydrogen-bond donors (Lipinski definition) is 1. The largest absolute Gasteiger partial charge is 0.471 e. The van der Waals surface area contributed by atoms with Crippen molar-refractivity contribution in [3.63, 3.8) is 0 Å². The van der Waals surface area contributed by atoms with Crippen molar-refractivity contribution in [2.75, 3.05) is 6.54 Å². The number of aryl methyl sites for hydroxylation is 1. The molecule has 2 aliphatic carbocycles. The lowest BCUT2D eigenvalue weighted by Gasteiger charge is -2.33. The molecule has 1 saturated heterocycles. The molecule has 6 rings (SSSR count). The fraction of sp³-hybridized carbons (Fsp3) is 0.659. The van der Waals surface area contributed by atoms with Gasteiger partial charge in [0.1, 0.15) is 6.10 Å². The van der Waals surface area contributed by atoms with Crippen LogP contribution in [0.15, 0.2) is 41.2 Å². The smallest absolute Gasteiger partial charge is 0.427 e. The van der Waals surface area contributed by atoms with Crippen LogP contribution in [-0.4, -0.2) is 81.9 Å². The van der Waals surface area contributed by atoms with E-state index in [1.54, 1.807) is 45.0 Å². The molecule has 7 atom stereocenters. The summed E-state index contributed by atoms with van der Waals surface area (Å²) < 4.78 is 81.5. The van der Waals surface area contributed by atoms with Crippen LogP contribution in [0, 0.1) is 29.1 Å². The van der Waals surface area contributed by atoms with Gasteiger partial charge in [-0.1, -0.05) is 38.1 Å². The number of esters is 1. The Bertz CT molecular complexity index is 2170. The molecule has 318 valence electrons. The molecule has 0 radical (unpaired) electrons. The van der Waals surface area contributed by atoms with E-state index in [-0.39, 0.29) is 43.3 Å². The molecule has 1 aromatic carbocycles. The predicted molar refractivity (Wildman–Crippen MR) is 207 cm³/mol. The Kier molecular flexibility index (Phi) is 11.7. The van der Waals surface area contributed by atoms with E-state index in [4.69, 9.17) is 9.47 Å². The number of Topliss-reactive ketones (excluding diaryl/α,β-unsaturated/α-hetero) is 1. The van der Waals surface area contributed by atoms with Gasteiger partial charge in [-0.3, -0.25) is 28.7 Å². The number of nitrogens with zero attached hydrogens (tertiary/aromatic N) is 3. The highest BCUT2D eigenvalue weighted by atomic mass is 32.2. The first-order chi connectivity index (χ1) is 27.0. The van der Waals surface area contributed by atoms with Gasteiger partial charge in [-0.05, 0) is 96.1 Å². The second-order valence-corrected chi connectivity index (χ2v) is 19.8.